The molecule has 0 unspecified atom stereocenters. The number of carbonyl (C=O) groups excluding carboxylic acids is 2. The second kappa shape index (κ2) is 12.1. The van der Waals surface area contributed by atoms with Crippen molar-refractivity contribution < 1.29 is 14.0 Å². The molecule has 0 saturated carbocycles. The average molecular weight is 500 g/mol. The number of hydrogen-bond acceptors (Lipinski definition) is 6. The minimum absolute atomic E-state index is 0.197. The number of hydrogen-bond donors (Lipinski definition) is 2. The molecule has 0 radical (unpaired) electrons. The first-order valence-electron chi connectivity index (χ1n) is 11.7. The van der Waals surface area contributed by atoms with Gasteiger partial charge in [0.2, 0.25) is 0 Å². The number of pyridine rings is 3. The van der Waals surface area contributed by atoms with E-state index in [1.807, 2.05) is 51.4 Å². The van der Waals surface area contributed by atoms with Gasteiger partial charge in [-0.1, -0.05) is 6.07 Å². The maximum absolute atomic E-state index is 14.3. The van der Waals surface area contributed by atoms with Gasteiger partial charge in [-0.15, -0.1) is 0 Å². The average Bonchev–Trinajstić information content (AvgIpc) is 2.90. The first-order valence-corrected chi connectivity index (χ1v) is 11.7. The Labute approximate surface area is 216 Å². The molecule has 0 fully saturated rings. The Morgan fingerprint density at radius 2 is 1.57 bits per heavy atom. The molecule has 1 amide bonds. The summed E-state index contributed by atoms with van der Waals surface area (Å²) in [5.74, 6) is -0.351. The highest BCUT2D eigenvalue weighted by Gasteiger charge is 2.22. The van der Waals surface area contributed by atoms with Gasteiger partial charge in [-0.2, -0.15) is 0 Å². The van der Waals surface area contributed by atoms with Gasteiger partial charge >= 0.3 is 0 Å². The molecule has 0 aliphatic carbocycles. The van der Waals surface area contributed by atoms with Gasteiger partial charge in [-0.25, -0.2) is 4.39 Å². The van der Waals surface area contributed by atoms with E-state index in [0.29, 0.717) is 28.9 Å². The molecule has 0 aliphatic heterocycles. The maximum atomic E-state index is 14.3. The van der Waals surface area contributed by atoms with E-state index in [9.17, 15) is 14.0 Å². The molecular formula is C29H30FN5O2. The van der Waals surface area contributed by atoms with Crippen LogP contribution in [-0.4, -0.2) is 41.2 Å². The monoisotopic (exact) mass is 499 g/mol. The van der Waals surface area contributed by atoms with E-state index in [1.165, 1.54) is 26.1 Å². The first kappa shape index (κ1) is 27.3. The number of nitrogens with zero attached hydrogens (tertiary/aromatic N) is 3. The van der Waals surface area contributed by atoms with Crippen LogP contribution in [0, 0.1) is 6.92 Å². The van der Waals surface area contributed by atoms with Crippen molar-refractivity contribution >= 4 is 17.9 Å². The van der Waals surface area contributed by atoms with E-state index in [2.05, 4.69) is 25.6 Å². The number of aryl methyl sites for hydroxylation is 1. The fraction of sp³-hybridized carbons (Fsp3) is 0.207. The highest BCUT2D eigenvalue weighted by Crippen LogP contribution is 2.30. The summed E-state index contributed by atoms with van der Waals surface area (Å²) in [6.07, 6.45) is 5.40. The number of amides is 1. The van der Waals surface area contributed by atoms with Crippen LogP contribution in [0.15, 0.2) is 73.2 Å². The smallest absolute Gasteiger partial charge is 0.255 e. The Balaban J connectivity index is 0.00000121. The number of aromatic nitrogens is 3. The molecule has 3 heterocycles. The topological polar surface area (TPSA) is 96.9 Å². The van der Waals surface area contributed by atoms with E-state index in [4.69, 9.17) is 0 Å². The minimum Gasteiger partial charge on any atom is -0.323 e. The molecule has 0 saturated heterocycles. The quantitative estimate of drug-likeness (QED) is 0.334. The summed E-state index contributed by atoms with van der Waals surface area (Å²) in [6.45, 7) is 4.78. The van der Waals surface area contributed by atoms with E-state index in [0.717, 1.165) is 22.3 Å². The second-order valence-corrected chi connectivity index (χ2v) is 8.90. The number of benzene rings is 1. The lowest BCUT2D eigenvalue weighted by Crippen LogP contribution is -2.16. The van der Waals surface area contributed by atoms with Crippen LogP contribution in [0.25, 0.3) is 22.4 Å². The lowest BCUT2D eigenvalue weighted by Gasteiger charge is -2.15. The zero-order chi connectivity index (χ0) is 27.0. The molecule has 7 nitrogen and oxygen atoms in total. The fourth-order valence-corrected chi connectivity index (χ4v) is 3.54. The second-order valence-electron chi connectivity index (χ2n) is 8.90. The molecule has 1 aromatic carbocycles. The van der Waals surface area contributed by atoms with Gasteiger partial charge in [0.25, 0.3) is 5.91 Å². The van der Waals surface area contributed by atoms with Crippen molar-refractivity contribution in [1.82, 2.24) is 20.3 Å². The van der Waals surface area contributed by atoms with Crippen molar-refractivity contribution in [3.8, 4) is 22.4 Å². The number of nitrogens with one attached hydrogen (secondary N) is 2. The van der Waals surface area contributed by atoms with Crippen LogP contribution in [0.4, 0.5) is 10.1 Å². The minimum atomic E-state index is -1.65. The molecule has 2 N–H and O–H groups in total. The number of carbonyl (C=O) groups is 2. The van der Waals surface area contributed by atoms with E-state index in [1.54, 1.807) is 30.6 Å². The highest BCUT2D eigenvalue weighted by atomic mass is 19.1. The standard InChI is InChI=1S/C27H23FN4O2.C2H7N/c1-17-4-5-21(32-26(34)20-8-11-31-25(14-20)27(2,3)28)15-23(17)18-6-10-30-24(13-18)19-7-9-29-22(12-19)16-33;1-3-2/h4-16H,1-3H3,(H,32,34);3H,1-2H3. The molecule has 0 aliphatic rings. The van der Waals surface area contributed by atoms with Crippen LogP contribution in [0.1, 0.15) is 46.0 Å². The van der Waals surface area contributed by atoms with Crippen molar-refractivity contribution in [3.05, 3.63) is 95.7 Å². The maximum Gasteiger partial charge on any atom is 0.255 e. The van der Waals surface area contributed by atoms with Gasteiger partial charge in [0.15, 0.2) is 6.29 Å². The Hall–Kier alpha value is -4.30. The zero-order valence-electron chi connectivity index (χ0n) is 21.5. The third-order valence-corrected chi connectivity index (χ3v) is 5.40. The van der Waals surface area contributed by atoms with Crippen molar-refractivity contribution in [2.75, 3.05) is 19.4 Å². The number of alkyl halides is 1. The summed E-state index contributed by atoms with van der Waals surface area (Å²) in [4.78, 5) is 36.4. The number of rotatable bonds is 6. The van der Waals surface area contributed by atoms with Crippen LogP contribution in [0.2, 0.25) is 0 Å². The molecule has 3 aromatic heterocycles. The molecule has 0 atom stereocenters. The predicted molar refractivity (Wildman–Crippen MR) is 144 cm³/mol. The molecular weight excluding hydrogens is 469 g/mol. The summed E-state index contributed by atoms with van der Waals surface area (Å²) in [7, 11) is 3.75. The molecule has 8 heteroatoms. The van der Waals surface area contributed by atoms with Gasteiger partial charge in [0.05, 0.1) is 11.4 Å². The normalized spacial score (nSPS) is 10.8. The third kappa shape index (κ3) is 7.11. The van der Waals surface area contributed by atoms with Crippen LogP contribution >= 0.6 is 0 Å². The molecule has 37 heavy (non-hydrogen) atoms. The molecule has 0 spiro atoms. The van der Waals surface area contributed by atoms with E-state index < -0.39 is 5.67 Å². The van der Waals surface area contributed by atoms with Crippen LogP contribution in [0.3, 0.4) is 0 Å². The van der Waals surface area contributed by atoms with Gasteiger partial charge in [-0.3, -0.25) is 24.5 Å². The van der Waals surface area contributed by atoms with Crippen molar-refractivity contribution in [1.29, 1.82) is 0 Å². The van der Waals surface area contributed by atoms with Crippen molar-refractivity contribution in [3.63, 3.8) is 0 Å². The number of halogens is 1. The Morgan fingerprint density at radius 1 is 0.892 bits per heavy atom. The Bertz CT molecular complexity index is 1400. The summed E-state index contributed by atoms with van der Waals surface area (Å²) in [5.41, 5.74) is 4.16. The third-order valence-electron chi connectivity index (χ3n) is 5.40. The highest BCUT2D eigenvalue weighted by molar-refractivity contribution is 6.04. The van der Waals surface area contributed by atoms with Crippen LogP contribution < -0.4 is 10.6 Å². The predicted octanol–water partition coefficient (Wildman–Crippen LogP) is 5.62. The Kier molecular flexibility index (Phi) is 8.92. The summed E-state index contributed by atoms with van der Waals surface area (Å²) in [6, 6.07) is 15.9. The zero-order valence-corrected chi connectivity index (χ0v) is 21.5. The summed E-state index contributed by atoms with van der Waals surface area (Å²) >= 11 is 0. The van der Waals surface area contributed by atoms with Gasteiger partial charge in [0.1, 0.15) is 11.4 Å². The summed E-state index contributed by atoms with van der Waals surface area (Å²) in [5, 5.41) is 5.63. The fourth-order valence-electron chi connectivity index (χ4n) is 3.54. The van der Waals surface area contributed by atoms with Crippen molar-refractivity contribution in [2.45, 2.75) is 26.4 Å². The largest absolute Gasteiger partial charge is 0.323 e. The lowest BCUT2D eigenvalue weighted by atomic mass is 9.98. The first-order chi connectivity index (χ1) is 17.7. The van der Waals surface area contributed by atoms with Crippen LogP contribution in [-0.2, 0) is 5.67 Å². The van der Waals surface area contributed by atoms with Crippen LogP contribution in [0.5, 0.6) is 0 Å². The van der Waals surface area contributed by atoms with E-state index in [-0.39, 0.29) is 11.6 Å². The van der Waals surface area contributed by atoms with Crippen molar-refractivity contribution in [2.24, 2.45) is 0 Å². The van der Waals surface area contributed by atoms with Gasteiger partial charge in [0, 0.05) is 35.4 Å². The molecule has 0 bridgehead atoms. The van der Waals surface area contributed by atoms with Gasteiger partial charge in [-0.05, 0) is 100 Å². The number of anilines is 1. The molecule has 4 rings (SSSR count). The Morgan fingerprint density at radius 3 is 2.27 bits per heavy atom. The molecule has 4 aromatic rings. The van der Waals surface area contributed by atoms with Gasteiger partial charge < -0.3 is 10.6 Å². The van der Waals surface area contributed by atoms with E-state index >= 15 is 0 Å². The number of aldehydes is 1. The SMILES string of the molecule is CNC.Cc1ccc(NC(=O)c2ccnc(C(C)(C)F)c2)cc1-c1ccnc(-c2ccnc(C=O)c2)c1. The molecule has 190 valence electrons. The lowest BCUT2D eigenvalue weighted by molar-refractivity contribution is 0.102. The summed E-state index contributed by atoms with van der Waals surface area (Å²) < 4.78 is 14.3.